The van der Waals surface area contributed by atoms with Crippen LogP contribution in [0.15, 0.2) is 59.8 Å². The van der Waals surface area contributed by atoms with E-state index in [4.69, 9.17) is 0 Å². The third kappa shape index (κ3) is 3.59. The molecule has 0 radical (unpaired) electrons. The summed E-state index contributed by atoms with van der Waals surface area (Å²) in [6, 6.07) is 20.4. The van der Waals surface area contributed by atoms with Crippen LogP contribution in [0.5, 0.6) is 0 Å². The van der Waals surface area contributed by atoms with Gasteiger partial charge in [-0.3, -0.25) is 0 Å². The third-order valence-corrected chi connectivity index (χ3v) is 5.38. The summed E-state index contributed by atoms with van der Waals surface area (Å²) in [6.07, 6.45) is 2.41. The van der Waals surface area contributed by atoms with Crippen LogP contribution in [0.25, 0.3) is 0 Å². The maximum absolute atomic E-state index is 9.26. The number of benzene rings is 2. The first-order valence-electron chi connectivity index (χ1n) is 8.43. The molecule has 0 bridgehead atoms. The zero-order valence-corrected chi connectivity index (χ0v) is 14.6. The largest absolute Gasteiger partial charge is 0.301 e. The van der Waals surface area contributed by atoms with Gasteiger partial charge in [0.15, 0.2) is 5.16 Å². The van der Waals surface area contributed by atoms with E-state index in [1.54, 1.807) is 11.8 Å². The van der Waals surface area contributed by atoms with Crippen molar-refractivity contribution in [3.8, 4) is 6.07 Å². The van der Waals surface area contributed by atoms with E-state index in [1.807, 2.05) is 30.3 Å². The molecule has 0 aliphatic heterocycles. The molecule has 0 saturated heterocycles. The summed E-state index contributed by atoms with van der Waals surface area (Å²) in [5, 5.41) is 19.1. The number of hydrogen-bond donors (Lipinski definition) is 0. The van der Waals surface area contributed by atoms with E-state index in [0.717, 1.165) is 34.4 Å². The van der Waals surface area contributed by atoms with E-state index in [-0.39, 0.29) is 0 Å². The Balaban J connectivity index is 1.58. The highest BCUT2D eigenvalue weighted by Gasteiger charge is 2.30. The lowest BCUT2D eigenvalue weighted by molar-refractivity contribution is 0.667. The summed E-state index contributed by atoms with van der Waals surface area (Å²) in [4.78, 5) is 0. The molecule has 4 nitrogen and oxygen atoms in total. The minimum atomic E-state index is 0.553. The van der Waals surface area contributed by atoms with E-state index in [9.17, 15) is 5.26 Å². The number of nitrogens with zero attached hydrogens (tertiary/aromatic N) is 4. The zero-order chi connectivity index (χ0) is 17.1. The van der Waals surface area contributed by atoms with Crippen molar-refractivity contribution < 1.29 is 0 Å². The minimum Gasteiger partial charge on any atom is -0.301 e. The molecule has 3 aromatic rings. The molecule has 0 amide bonds. The van der Waals surface area contributed by atoms with Crippen molar-refractivity contribution in [2.24, 2.45) is 0 Å². The number of thioether (sulfide) groups is 1. The van der Waals surface area contributed by atoms with Crippen molar-refractivity contribution in [2.45, 2.75) is 36.2 Å². The monoisotopic (exact) mass is 346 g/mol. The van der Waals surface area contributed by atoms with Crippen LogP contribution in [0.4, 0.5) is 0 Å². The van der Waals surface area contributed by atoms with Crippen LogP contribution < -0.4 is 0 Å². The molecule has 0 unspecified atom stereocenters. The van der Waals surface area contributed by atoms with Gasteiger partial charge >= 0.3 is 0 Å². The number of nitriles is 1. The van der Waals surface area contributed by atoms with E-state index >= 15 is 0 Å². The second-order valence-electron chi connectivity index (χ2n) is 6.24. The van der Waals surface area contributed by atoms with E-state index in [1.165, 1.54) is 18.4 Å². The normalized spacial score (nSPS) is 13.6. The summed E-state index contributed by atoms with van der Waals surface area (Å²) >= 11 is 1.65. The molecule has 1 saturated carbocycles. The Morgan fingerprint density at radius 3 is 2.56 bits per heavy atom. The van der Waals surface area contributed by atoms with E-state index < -0.39 is 0 Å². The average molecular weight is 346 g/mol. The third-order valence-electron chi connectivity index (χ3n) is 4.37. The molecule has 1 aliphatic rings. The maximum atomic E-state index is 9.26. The Labute approximate surface area is 151 Å². The fourth-order valence-corrected chi connectivity index (χ4v) is 3.81. The van der Waals surface area contributed by atoms with Crippen LogP contribution in [0, 0.1) is 11.3 Å². The smallest absolute Gasteiger partial charge is 0.191 e. The fraction of sp³-hybridized carbons (Fsp3) is 0.250. The van der Waals surface area contributed by atoms with Gasteiger partial charge in [-0.2, -0.15) is 5.26 Å². The lowest BCUT2D eigenvalue weighted by Crippen LogP contribution is -2.06. The molecule has 2 aromatic carbocycles. The summed E-state index contributed by atoms with van der Waals surface area (Å²) < 4.78 is 2.24. The highest BCUT2D eigenvalue weighted by molar-refractivity contribution is 7.98. The van der Waals surface area contributed by atoms with Crippen LogP contribution in [0.3, 0.4) is 0 Å². The standard InChI is InChI=1S/C20H18N4S/c21-12-17-8-4-5-9-18(17)14-25-20-23-22-19(16-10-11-16)24(20)13-15-6-2-1-3-7-15/h1-9,16H,10-11,13-14H2. The highest BCUT2D eigenvalue weighted by Crippen LogP contribution is 2.40. The van der Waals surface area contributed by atoms with Crippen molar-refractivity contribution in [3.63, 3.8) is 0 Å². The maximum Gasteiger partial charge on any atom is 0.191 e. The Kier molecular flexibility index (Phi) is 4.53. The molecular formula is C20H18N4S. The first kappa shape index (κ1) is 15.9. The predicted octanol–water partition coefficient (Wildman–Crippen LogP) is 4.37. The molecule has 1 aromatic heterocycles. The Morgan fingerprint density at radius 1 is 1.04 bits per heavy atom. The summed E-state index contributed by atoms with van der Waals surface area (Å²) in [5.74, 6) is 2.37. The molecular weight excluding hydrogens is 328 g/mol. The molecule has 25 heavy (non-hydrogen) atoms. The molecule has 1 heterocycles. The Morgan fingerprint density at radius 2 is 1.80 bits per heavy atom. The van der Waals surface area contributed by atoms with Gasteiger partial charge < -0.3 is 4.57 Å². The highest BCUT2D eigenvalue weighted by atomic mass is 32.2. The SMILES string of the molecule is N#Cc1ccccc1CSc1nnc(C2CC2)n1Cc1ccccc1. The average Bonchev–Trinajstić information content (AvgIpc) is 3.43. The fourth-order valence-electron chi connectivity index (χ4n) is 2.86. The van der Waals surface area contributed by atoms with Crippen LogP contribution in [0.1, 0.15) is 41.3 Å². The first-order valence-corrected chi connectivity index (χ1v) is 9.41. The first-order chi connectivity index (χ1) is 12.3. The van der Waals surface area contributed by atoms with Crippen LogP contribution >= 0.6 is 11.8 Å². The van der Waals surface area contributed by atoms with Gasteiger partial charge in [0.05, 0.1) is 18.2 Å². The molecule has 0 atom stereocenters. The molecule has 0 spiro atoms. The van der Waals surface area contributed by atoms with Gasteiger partial charge in [-0.1, -0.05) is 60.3 Å². The van der Waals surface area contributed by atoms with Gasteiger partial charge in [0.25, 0.3) is 0 Å². The lowest BCUT2D eigenvalue weighted by atomic mass is 10.1. The van der Waals surface area contributed by atoms with Gasteiger partial charge in [0.2, 0.25) is 0 Å². The van der Waals surface area contributed by atoms with Crippen molar-refractivity contribution in [2.75, 3.05) is 0 Å². The van der Waals surface area contributed by atoms with Gasteiger partial charge in [-0.15, -0.1) is 10.2 Å². The van der Waals surface area contributed by atoms with E-state index in [2.05, 4.69) is 45.1 Å². The van der Waals surface area contributed by atoms with Crippen LogP contribution in [-0.2, 0) is 12.3 Å². The molecule has 0 N–H and O–H groups in total. The molecule has 1 fully saturated rings. The quantitative estimate of drug-likeness (QED) is 0.622. The minimum absolute atomic E-state index is 0.553. The second-order valence-corrected chi connectivity index (χ2v) is 7.19. The predicted molar refractivity (Wildman–Crippen MR) is 98.3 cm³/mol. The number of hydrogen-bond acceptors (Lipinski definition) is 4. The molecule has 5 heteroatoms. The van der Waals surface area contributed by atoms with Gasteiger partial charge in [-0.25, -0.2) is 0 Å². The molecule has 4 rings (SSSR count). The molecule has 1 aliphatic carbocycles. The van der Waals surface area contributed by atoms with Gasteiger partial charge in [-0.05, 0) is 30.0 Å². The van der Waals surface area contributed by atoms with Crippen LogP contribution in [0.2, 0.25) is 0 Å². The van der Waals surface area contributed by atoms with Crippen LogP contribution in [-0.4, -0.2) is 14.8 Å². The number of rotatable bonds is 6. The molecule has 124 valence electrons. The summed E-state index contributed by atoms with van der Waals surface area (Å²) in [6.45, 7) is 0.794. The van der Waals surface area contributed by atoms with Crippen molar-refractivity contribution in [1.29, 1.82) is 5.26 Å². The van der Waals surface area contributed by atoms with Crippen molar-refractivity contribution in [3.05, 3.63) is 77.1 Å². The summed E-state index contributed by atoms with van der Waals surface area (Å²) in [7, 11) is 0. The Bertz CT molecular complexity index is 907. The summed E-state index contributed by atoms with van der Waals surface area (Å²) in [5.41, 5.74) is 3.02. The van der Waals surface area contributed by atoms with Gasteiger partial charge in [0, 0.05) is 11.7 Å². The topological polar surface area (TPSA) is 54.5 Å². The van der Waals surface area contributed by atoms with Crippen molar-refractivity contribution >= 4 is 11.8 Å². The van der Waals surface area contributed by atoms with Crippen molar-refractivity contribution in [1.82, 2.24) is 14.8 Å². The number of aromatic nitrogens is 3. The van der Waals surface area contributed by atoms with E-state index in [0.29, 0.717) is 5.92 Å². The van der Waals surface area contributed by atoms with Gasteiger partial charge in [0.1, 0.15) is 5.82 Å². The second kappa shape index (κ2) is 7.12. The Hall–Kier alpha value is -2.58. The lowest BCUT2D eigenvalue weighted by Gasteiger charge is -2.10. The zero-order valence-electron chi connectivity index (χ0n) is 13.8.